The predicted molar refractivity (Wildman–Crippen MR) is 93.8 cm³/mol. The Bertz CT molecular complexity index is 822. The van der Waals surface area contributed by atoms with E-state index in [1.165, 1.54) is 11.1 Å². The monoisotopic (exact) mass is 333 g/mol. The van der Waals surface area contributed by atoms with Crippen LogP contribution in [0.1, 0.15) is 45.9 Å². The molecule has 5 nitrogen and oxygen atoms in total. The van der Waals surface area contributed by atoms with Crippen molar-refractivity contribution in [3.05, 3.63) is 70.8 Å². The highest BCUT2D eigenvalue weighted by molar-refractivity contribution is 5.96. The first-order chi connectivity index (χ1) is 12.2. The molecule has 2 amide bonds. The highest BCUT2D eigenvalue weighted by Gasteiger charge is 2.21. The van der Waals surface area contributed by atoms with Crippen LogP contribution in [0.25, 0.3) is 0 Å². The summed E-state index contributed by atoms with van der Waals surface area (Å²) in [6, 6.07) is 16.4. The van der Waals surface area contributed by atoms with E-state index in [4.69, 9.17) is 5.26 Å². The van der Waals surface area contributed by atoms with Crippen LogP contribution in [0.2, 0.25) is 0 Å². The zero-order valence-corrected chi connectivity index (χ0v) is 13.8. The zero-order valence-electron chi connectivity index (χ0n) is 13.8. The molecule has 0 aliphatic heterocycles. The summed E-state index contributed by atoms with van der Waals surface area (Å²) < 4.78 is 0. The van der Waals surface area contributed by atoms with Crippen molar-refractivity contribution in [2.75, 3.05) is 6.54 Å². The maximum atomic E-state index is 12.2. The van der Waals surface area contributed by atoms with Crippen LogP contribution in [0.5, 0.6) is 0 Å². The van der Waals surface area contributed by atoms with Crippen LogP contribution in [0.15, 0.2) is 48.5 Å². The fraction of sp³-hybridized carbons (Fsp3) is 0.250. The fourth-order valence-corrected chi connectivity index (χ4v) is 3.11. The summed E-state index contributed by atoms with van der Waals surface area (Å²) in [6.07, 6.45) is 2.99. The molecule has 2 N–H and O–H groups in total. The molecule has 0 spiro atoms. The second-order valence-corrected chi connectivity index (χ2v) is 6.08. The maximum absolute atomic E-state index is 12.2. The second kappa shape index (κ2) is 7.63. The molecule has 0 fully saturated rings. The van der Waals surface area contributed by atoms with E-state index in [1.807, 2.05) is 18.2 Å². The molecule has 0 saturated carbocycles. The smallest absolute Gasteiger partial charge is 0.251 e. The molecule has 1 aliphatic carbocycles. The second-order valence-electron chi connectivity index (χ2n) is 6.08. The molecular weight excluding hydrogens is 314 g/mol. The van der Waals surface area contributed by atoms with Gasteiger partial charge in [0.1, 0.15) is 0 Å². The average molecular weight is 333 g/mol. The first-order valence-corrected chi connectivity index (χ1v) is 8.33. The number of carbonyl (C=O) groups excluding carboxylic acids is 2. The van der Waals surface area contributed by atoms with Crippen molar-refractivity contribution in [3.63, 3.8) is 0 Å². The van der Waals surface area contributed by atoms with Gasteiger partial charge in [0, 0.05) is 5.56 Å². The molecule has 0 saturated heterocycles. The lowest BCUT2D eigenvalue weighted by atomic mass is 9.88. The van der Waals surface area contributed by atoms with Crippen LogP contribution in [0, 0.1) is 11.3 Å². The van der Waals surface area contributed by atoms with Crippen LogP contribution in [-0.2, 0) is 11.2 Å². The number of hydrogen-bond donors (Lipinski definition) is 2. The van der Waals surface area contributed by atoms with Gasteiger partial charge in [0.15, 0.2) is 0 Å². The van der Waals surface area contributed by atoms with Gasteiger partial charge in [-0.05, 0) is 54.7 Å². The van der Waals surface area contributed by atoms with Gasteiger partial charge < -0.3 is 10.6 Å². The number of nitrogens with zero attached hydrogens (tertiary/aromatic N) is 1. The minimum atomic E-state index is -0.330. The Morgan fingerprint density at radius 1 is 1.12 bits per heavy atom. The zero-order chi connectivity index (χ0) is 17.6. The summed E-state index contributed by atoms with van der Waals surface area (Å²) >= 11 is 0. The van der Waals surface area contributed by atoms with E-state index in [2.05, 4.69) is 22.8 Å². The van der Waals surface area contributed by atoms with E-state index < -0.39 is 0 Å². The Morgan fingerprint density at radius 3 is 2.64 bits per heavy atom. The van der Waals surface area contributed by atoms with E-state index in [1.54, 1.807) is 24.3 Å². The molecular formula is C20H19N3O2. The number of benzene rings is 2. The average Bonchev–Trinajstić information content (AvgIpc) is 2.66. The van der Waals surface area contributed by atoms with Gasteiger partial charge in [0.2, 0.25) is 5.91 Å². The largest absolute Gasteiger partial charge is 0.348 e. The van der Waals surface area contributed by atoms with Crippen LogP contribution in [0.4, 0.5) is 0 Å². The van der Waals surface area contributed by atoms with Crippen LogP contribution >= 0.6 is 0 Å². The van der Waals surface area contributed by atoms with E-state index in [-0.39, 0.29) is 24.4 Å². The topological polar surface area (TPSA) is 82.0 Å². The van der Waals surface area contributed by atoms with Crippen molar-refractivity contribution in [1.29, 1.82) is 5.26 Å². The number of carbonyl (C=O) groups is 2. The third-order valence-corrected chi connectivity index (χ3v) is 4.39. The SMILES string of the molecule is N#Cc1ccc(C(=O)NCC(=O)N[C@@H]2CCCc3ccccc32)cc1. The summed E-state index contributed by atoms with van der Waals surface area (Å²) in [4.78, 5) is 24.3. The van der Waals surface area contributed by atoms with Crippen LogP contribution in [0.3, 0.4) is 0 Å². The number of nitrogens with one attached hydrogen (secondary N) is 2. The van der Waals surface area contributed by atoms with E-state index in [0.717, 1.165) is 19.3 Å². The lowest BCUT2D eigenvalue weighted by Gasteiger charge is -2.26. The first-order valence-electron chi connectivity index (χ1n) is 8.33. The van der Waals surface area contributed by atoms with Gasteiger partial charge in [-0.3, -0.25) is 9.59 Å². The number of aryl methyl sites for hydroxylation is 1. The van der Waals surface area contributed by atoms with E-state index in [9.17, 15) is 9.59 Å². The Labute approximate surface area is 146 Å². The molecule has 0 radical (unpaired) electrons. The Morgan fingerprint density at radius 2 is 1.88 bits per heavy atom. The molecule has 5 heteroatoms. The van der Waals surface area contributed by atoms with Crippen LogP contribution in [-0.4, -0.2) is 18.4 Å². The number of nitriles is 1. The molecule has 2 aromatic carbocycles. The van der Waals surface area contributed by atoms with E-state index >= 15 is 0 Å². The third-order valence-electron chi connectivity index (χ3n) is 4.39. The standard InChI is InChI=1S/C20H19N3O2/c21-12-14-8-10-16(11-9-14)20(25)22-13-19(24)23-18-7-3-5-15-4-1-2-6-17(15)18/h1-2,4,6,8-11,18H,3,5,7,13H2,(H,22,25)(H,23,24)/t18-/m1/s1. The minimum Gasteiger partial charge on any atom is -0.348 e. The molecule has 1 aliphatic rings. The van der Waals surface area contributed by atoms with Gasteiger partial charge in [-0.25, -0.2) is 0 Å². The normalized spacial score (nSPS) is 15.6. The van der Waals surface area contributed by atoms with Crippen molar-refractivity contribution >= 4 is 11.8 Å². The number of fused-ring (bicyclic) bond motifs is 1. The molecule has 2 aromatic rings. The molecule has 0 aromatic heterocycles. The van der Waals surface area contributed by atoms with Crippen molar-refractivity contribution in [1.82, 2.24) is 10.6 Å². The summed E-state index contributed by atoms with van der Waals surface area (Å²) in [5.41, 5.74) is 3.36. The lowest BCUT2D eigenvalue weighted by Crippen LogP contribution is -2.39. The van der Waals surface area contributed by atoms with Gasteiger partial charge in [0.25, 0.3) is 5.91 Å². The summed E-state index contributed by atoms with van der Waals surface area (Å²) in [7, 11) is 0. The summed E-state index contributed by atoms with van der Waals surface area (Å²) in [6.45, 7) is -0.0719. The molecule has 126 valence electrons. The Balaban J connectivity index is 1.55. The van der Waals surface area contributed by atoms with Crippen molar-refractivity contribution < 1.29 is 9.59 Å². The quantitative estimate of drug-likeness (QED) is 0.902. The predicted octanol–water partition coefficient (Wildman–Crippen LogP) is 2.48. The van der Waals surface area contributed by atoms with Gasteiger partial charge in [-0.2, -0.15) is 5.26 Å². The molecule has 1 atom stereocenters. The number of rotatable bonds is 4. The third kappa shape index (κ3) is 4.04. The summed E-state index contributed by atoms with van der Waals surface area (Å²) in [5.74, 6) is -0.535. The van der Waals surface area contributed by atoms with Crippen molar-refractivity contribution in [3.8, 4) is 6.07 Å². The molecule has 0 bridgehead atoms. The fourth-order valence-electron chi connectivity index (χ4n) is 3.11. The lowest BCUT2D eigenvalue weighted by molar-refractivity contribution is -0.121. The summed E-state index contributed by atoms with van der Waals surface area (Å²) in [5, 5.41) is 14.4. The van der Waals surface area contributed by atoms with Gasteiger partial charge in [-0.15, -0.1) is 0 Å². The van der Waals surface area contributed by atoms with Gasteiger partial charge >= 0.3 is 0 Å². The first kappa shape index (κ1) is 16.7. The molecule has 3 rings (SSSR count). The molecule has 25 heavy (non-hydrogen) atoms. The van der Waals surface area contributed by atoms with Crippen molar-refractivity contribution in [2.24, 2.45) is 0 Å². The van der Waals surface area contributed by atoms with E-state index in [0.29, 0.717) is 11.1 Å². The molecule has 0 unspecified atom stereocenters. The van der Waals surface area contributed by atoms with Gasteiger partial charge in [0.05, 0.1) is 24.2 Å². The minimum absolute atomic E-state index is 0.00395. The number of hydrogen-bond acceptors (Lipinski definition) is 3. The molecule has 0 heterocycles. The Hall–Kier alpha value is -3.13. The highest BCUT2D eigenvalue weighted by atomic mass is 16.2. The van der Waals surface area contributed by atoms with Crippen molar-refractivity contribution in [2.45, 2.75) is 25.3 Å². The van der Waals surface area contributed by atoms with Gasteiger partial charge in [-0.1, -0.05) is 24.3 Å². The maximum Gasteiger partial charge on any atom is 0.251 e. The highest BCUT2D eigenvalue weighted by Crippen LogP contribution is 2.29. The van der Waals surface area contributed by atoms with Crippen LogP contribution < -0.4 is 10.6 Å². The number of amides is 2. The Kier molecular flexibility index (Phi) is 5.10.